The van der Waals surface area contributed by atoms with Gasteiger partial charge in [0.2, 0.25) is 0 Å². The maximum Gasteiger partial charge on any atom is 0.142 e. The monoisotopic (exact) mass is 234 g/mol. The first-order valence-electron chi connectivity index (χ1n) is 6.38. The van der Waals surface area contributed by atoms with E-state index in [1.165, 1.54) is 24.2 Å². The molecule has 1 aromatic carbocycles. The van der Waals surface area contributed by atoms with Crippen LogP contribution in [0.2, 0.25) is 0 Å². The zero-order valence-electron chi connectivity index (χ0n) is 10.6. The molecule has 2 aliphatic rings. The number of aliphatic hydroxyl groups excluding tert-OH is 1. The van der Waals surface area contributed by atoms with Crippen molar-refractivity contribution in [2.24, 2.45) is 0 Å². The number of methoxy groups -OCH3 is 1. The van der Waals surface area contributed by atoms with Crippen molar-refractivity contribution in [3.8, 4) is 5.75 Å². The molecule has 1 N–H and O–H groups in total. The Bertz CT molecular complexity index is 458. The summed E-state index contributed by atoms with van der Waals surface area (Å²) in [6.45, 7) is 2.24. The van der Waals surface area contributed by atoms with Crippen LogP contribution < -0.4 is 9.22 Å². The largest absolute Gasteiger partial charge is 0.497 e. The third-order valence-electron chi connectivity index (χ3n) is 4.32. The van der Waals surface area contributed by atoms with Crippen molar-refractivity contribution in [1.29, 1.82) is 0 Å². The molecule has 0 aromatic heterocycles. The summed E-state index contributed by atoms with van der Waals surface area (Å²) < 4.78 is 6.34. The number of hydrogen-bond donors (Lipinski definition) is 1. The summed E-state index contributed by atoms with van der Waals surface area (Å²) in [5, 5.41) is 10.2. The molecule has 2 heterocycles. The molecule has 0 amide bonds. The van der Waals surface area contributed by atoms with Crippen molar-refractivity contribution in [1.82, 2.24) is 4.48 Å². The number of benzene rings is 1. The van der Waals surface area contributed by atoms with E-state index in [2.05, 4.69) is 13.1 Å². The number of hydrogen-bond acceptors (Lipinski definition) is 2. The van der Waals surface area contributed by atoms with Gasteiger partial charge in [-0.25, -0.2) is 0 Å². The lowest BCUT2D eigenvalue weighted by Crippen LogP contribution is -2.52. The molecule has 3 heteroatoms. The van der Waals surface area contributed by atoms with Crippen LogP contribution in [0.1, 0.15) is 30.1 Å². The molecule has 2 aliphatic heterocycles. The predicted molar refractivity (Wildman–Crippen MR) is 68.3 cm³/mol. The van der Waals surface area contributed by atoms with Crippen molar-refractivity contribution < 1.29 is 9.84 Å². The Morgan fingerprint density at radius 2 is 2.18 bits per heavy atom. The van der Waals surface area contributed by atoms with E-state index in [4.69, 9.17) is 4.74 Å². The molecule has 3 rings (SSSR count). The van der Waals surface area contributed by atoms with Crippen LogP contribution >= 0.6 is 0 Å². The highest BCUT2D eigenvalue weighted by molar-refractivity contribution is 5.63. The Morgan fingerprint density at radius 1 is 1.35 bits per heavy atom. The molecule has 0 aliphatic carbocycles. The van der Waals surface area contributed by atoms with Crippen LogP contribution in [0.5, 0.6) is 5.75 Å². The molecule has 0 bridgehead atoms. The lowest BCUT2D eigenvalue weighted by molar-refractivity contribution is 0.127. The Hall–Kier alpha value is -1.06. The van der Waals surface area contributed by atoms with Gasteiger partial charge in [0.25, 0.3) is 0 Å². The van der Waals surface area contributed by atoms with Gasteiger partial charge in [-0.05, 0) is 18.6 Å². The fraction of sp³-hybridized carbons (Fsp3) is 0.571. The summed E-state index contributed by atoms with van der Waals surface area (Å²) in [5.74, 6) is 0.883. The second-order valence-electron chi connectivity index (χ2n) is 5.48. The van der Waals surface area contributed by atoms with Crippen molar-refractivity contribution in [3.05, 3.63) is 23.3 Å². The van der Waals surface area contributed by atoms with E-state index in [0.29, 0.717) is 0 Å². The first kappa shape index (κ1) is 11.1. The molecule has 0 spiro atoms. The summed E-state index contributed by atoms with van der Waals surface area (Å²) in [7, 11) is 3.99. The molecule has 92 valence electrons. The number of aliphatic hydroxyl groups is 1. The van der Waals surface area contributed by atoms with Crippen LogP contribution in [0.4, 0.5) is 5.69 Å². The van der Waals surface area contributed by atoms with Gasteiger partial charge in [-0.3, -0.25) is 4.48 Å². The van der Waals surface area contributed by atoms with E-state index < -0.39 is 0 Å². The van der Waals surface area contributed by atoms with Gasteiger partial charge in [0.1, 0.15) is 11.4 Å². The minimum Gasteiger partial charge on any atom is -0.497 e. The zero-order valence-corrected chi connectivity index (χ0v) is 10.6. The number of ether oxygens (including phenoxy) is 1. The highest BCUT2D eigenvalue weighted by Crippen LogP contribution is 2.45. The van der Waals surface area contributed by atoms with E-state index in [0.717, 1.165) is 35.2 Å². The minimum atomic E-state index is -0.317. The first-order valence-corrected chi connectivity index (χ1v) is 6.38. The number of rotatable bonds is 1. The highest BCUT2D eigenvalue weighted by Gasteiger charge is 2.40. The SMILES string of the molecule is COc1cc2c3c(c1)[C@@H](O)CC[N+]3(C)CCC2. The third kappa shape index (κ3) is 1.57. The Labute approximate surface area is 102 Å². The maximum atomic E-state index is 10.2. The maximum absolute atomic E-state index is 10.2. The van der Waals surface area contributed by atoms with E-state index in [1.54, 1.807) is 7.11 Å². The molecule has 0 saturated heterocycles. The molecular weight excluding hydrogens is 214 g/mol. The highest BCUT2D eigenvalue weighted by atomic mass is 16.5. The number of nitrogens with zero attached hydrogens (tertiary/aromatic N) is 1. The van der Waals surface area contributed by atoms with Crippen LogP contribution in [0, 0.1) is 0 Å². The second-order valence-corrected chi connectivity index (χ2v) is 5.48. The summed E-state index contributed by atoms with van der Waals surface area (Å²) in [6.07, 6.45) is 2.88. The molecule has 0 radical (unpaired) electrons. The predicted octanol–water partition coefficient (Wildman–Crippen LogP) is 2.02. The molecule has 3 nitrogen and oxygen atoms in total. The van der Waals surface area contributed by atoms with Crippen molar-refractivity contribution in [2.45, 2.75) is 25.4 Å². The quantitative estimate of drug-likeness (QED) is 0.753. The average molecular weight is 234 g/mol. The molecule has 1 unspecified atom stereocenters. The summed E-state index contributed by atoms with van der Waals surface area (Å²) in [4.78, 5) is 0. The van der Waals surface area contributed by atoms with Gasteiger partial charge in [0, 0.05) is 24.0 Å². The fourth-order valence-corrected chi connectivity index (χ4v) is 3.43. The van der Waals surface area contributed by atoms with Crippen molar-refractivity contribution in [2.75, 3.05) is 27.2 Å². The van der Waals surface area contributed by atoms with Gasteiger partial charge in [-0.1, -0.05) is 0 Å². The van der Waals surface area contributed by atoms with E-state index in [1.807, 2.05) is 6.07 Å². The molecule has 17 heavy (non-hydrogen) atoms. The molecular formula is C14H20NO2+. The van der Waals surface area contributed by atoms with Crippen LogP contribution in [-0.2, 0) is 6.42 Å². The minimum absolute atomic E-state index is 0.317. The van der Waals surface area contributed by atoms with Crippen molar-refractivity contribution >= 4 is 5.69 Å². The Kier molecular flexibility index (Phi) is 2.42. The molecule has 0 saturated carbocycles. The van der Waals surface area contributed by atoms with Gasteiger partial charge in [-0.2, -0.15) is 0 Å². The van der Waals surface area contributed by atoms with Crippen LogP contribution in [0.15, 0.2) is 12.1 Å². The lowest BCUT2D eigenvalue weighted by Gasteiger charge is -2.44. The molecule has 0 fully saturated rings. The topological polar surface area (TPSA) is 29.5 Å². The van der Waals surface area contributed by atoms with Crippen LogP contribution in [0.3, 0.4) is 0 Å². The number of quaternary nitrogens is 1. The summed E-state index contributed by atoms with van der Waals surface area (Å²) >= 11 is 0. The van der Waals surface area contributed by atoms with E-state index in [-0.39, 0.29) is 6.10 Å². The fourth-order valence-electron chi connectivity index (χ4n) is 3.43. The van der Waals surface area contributed by atoms with Crippen LogP contribution in [-0.4, -0.2) is 32.4 Å². The molecule has 2 atom stereocenters. The Morgan fingerprint density at radius 3 is 2.94 bits per heavy atom. The normalized spacial score (nSPS) is 30.9. The van der Waals surface area contributed by atoms with Crippen molar-refractivity contribution in [3.63, 3.8) is 0 Å². The molecule has 1 aromatic rings. The van der Waals surface area contributed by atoms with Gasteiger partial charge in [0.05, 0.1) is 33.4 Å². The lowest BCUT2D eigenvalue weighted by atomic mass is 9.88. The summed E-state index contributed by atoms with van der Waals surface area (Å²) in [6, 6.07) is 4.16. The third-order valence-corrected chi connectivity index (χ3v) is 4.32. The van der Waals surface area contributed by atoms with Gasteiger partial charge in [0.15, 0.2) is 0 Å². The van der Waals surface area contributed by atoms with Gasteiger partial charge in [-0.15, -0.1) is 0 Å². The number of aryl methyl sites for hydroxylation is 1. The smallest absolute Gasteiger partial charge is 0.142 e. The summed E-state index contributed by atoms with van der Waals surface area (Å²) in [5.41, 5.74) is 3.82. The second kappa shape index (κ2) is 3.72. The van der Waals surface area contributed by atoms with E-state index in [9.17, 15) is 5.11 Å². The zero-order chi connectivity index (χ0) is 12.0. The van der Waals surface area contributed by atoms with Gasteiger partial charge >= 0.3 is 0 Å². The van der Waals surface area contributed by atoms with Crippen LogP contribution in [0.25, 0.3) is 0 Å². The standard InChI is InChI=1S/C14H20NO2/c1-15-6-3-4-10-8-11(17-2)9-12(14(10)15)13(16)5-7-15/h8-9,13,16H,3-7H2,1-2H3/q+1/t13-,15?/m0/s1. The average Bonchev–Trinajstić information content (AvgIpc) is 2.34. The Balaban J connectivity index is 2.23. The van der Waals surface area contributed by atoms with Gasteiger partial charge < -0.3 is 9.84 Å². The van der Waals surface area contributed by atoms with E-state index >= 15 is 0 Å². The first-order chi connectivity index (χ1) is 8.14.